The first-order valence-electron chi connectivity index (χ1n) is 9.05. The molecular formula is C22H18ClN3O2. The summed E-state index contributed by atoms with van der Waals surface area (Å²) < 4.78 is 0. The number of aromatic nitrogens is 2. The Morgan fingerprint density at radius 2 is 1.93 bits per heavy atom. The maximum absolute atomic E-state index is 13.0. The van der Waals surface area contributed by atoms with Crippen LogP contribution in [0.25, 0.3) is 10.9 Å². The summed E-state index contributed by atoms with van der Waals surface area (Å²) in [5.41, 5.74) is 0.863. The molecule has 1 saturated heterocycles. The van der Waals surface area contributed by atoms with Crippen molar-refractivity contribution in [2.24, 2.45) is 0 Å². The van der Waals surface area contributed by atoms with Crippen molar-refractivity contribution < 1.29 is 9.90 Å². The first-order valence-corrected chi connectivity index (χ1v) is 9.43. The van der Waals surface area contributed by atoms with E-state index in [0.29, 0.717) is 42.0 Å². The number of likely N-dealkylation sites (tertiary alicyclic amines) is 1. The van der Waals surface area contributed by atoms with Gasteiger partial charge in [-0.2, -0.15) is 10.2 Å². The molecule has 0 unspecified atom stereocenters. The van der Waals surface area contributed by atoms with Crippen molar-refractivity contribution in [3.8, 4) is 11.8 Å². The van der Waals surface area contributed by atoms with Gasteiger partial charge in [0, 0.05) is 41.9 Å². The molecule has 0 aliphatic carbocycles. The van der Waals surface area contributed by atoms with E-state index in [9.17, 15) is 9.90 Å². The summed E-state index contributed by atoms with van der Waals surface area (Å²) in [6.07, 6.45) is 2.29. The van der Waals surface area contributed by atoms with Crippen molar-refractivity contribution in [2.45, 2.75) is 18.4 Å². The molecule has 28 heavy (non-hydrogen) atoms. The largest absolute Gasteiger partial charge is 0.377 e. The Labute approximate surface area is 168 Å². The van der Waals surface area contributed by atoms with E-state index >= 15 is 0 Å². The number of fused-ring (bicyclic) bond motifs is 1. The molecule has 6 heteroatoms. The zero-order valence-corrected chi connectivity index (χ0v) is 15.9. The molecular weight excluding hydrogens is 374 g/mol. The monoisotopic (exact) mass is 391 g/mol. The van der Waals surface area contributed by atoms with Crippen molar-refractivity contribution in [1.82, 2.24) is 15.1 Å². The summed E-state index contributed by atoms with van der Waals surface area (Å²) in [6, 6.07) is 14.7. The number of rotatable bonds is 1. The third kappa shape index (κ3) is 3.84. The minimum atomic E-state index is -1.11. The molecule has 140 valence electrons. The molecule has 0 radical (unpaired) electrons. The Bertz CT molecular complexity index is 1090. The van der Waals surface area contributed by atoms with Gasteiger partial charge in [0.05, 0.1) is 17.3 Å². The topological polar surface area (TPSA) is 66.3 Å². The van der Waals surface area contributed by atoms with Crippen molar-refractivity contribution in [2.75, 3.05) is 13.1 Å². The average Bonchev–Trinajstić information content (AvgIpc) is 2.72. The predicted molar refractivity (Wildman–Crippen MR) is 108 cm³/mol. The highest BCUT2D eigenvalue weighted by Crippen LogP contribution is 2.25. The van der Waals surface area contributed by atoms with E-state index in [2.05, 4.69) is 22.0 Å². The Kier molecular flexibility index (Phi) is 4.99. The third-order valence-corrected chi connectivity index (χ3v) is 5.15. The van der Waals surface area contributed by atoms with Crippen LogP contribution in [0.1, 0.15) is 28.8 Å². The molecule has 3 aromatic rings. The van der Waals surface area contributed by atoms with Gasteiger partial charge in [0.15, 0.2) is 0 Å². The van der Waals surface area contributed by atoms with E-state index in [-0.39, 0.29) is 5.91 Å². The molecule has 0 bridgehead atoms. The smallest absolute Gasteiger partial charge is 0.256 e. The summed E-state index contributed by atoms with van der Waals surface area (Å²) >= 11 is 5.97. The summed E-state index contributed by atoms with van der Waals surface area (Å²) in [5.74, 6) is 5.85. The van der Waals surface area contributed by atoms with Crippen LogP contribution in [0, 0.1) is 11.8 Å². The number of carbonyl (C=O) groups is 1. The normalized spacial score (nSPS) is 15.7. The van der Waals surface area contributed by atoms with Gasteiger partial charge in [0.2, 0.25) is 0 Å². The van der Waals surface area contributed by atoms with Gasteiger partial charge in [-0.15, -0.1) is 0 Å². The lowest BCUT2D eigenvalue weighted by molar-refractivity contribution is 0.0249. The molecule has 5 nitrogen and oxygen atoms in total. The first-order chi connectivity index (χ1) is 13.5. The second-order valence-electron chi connectivity index (χ2n) is 6.86. The van der Waals surface area contributed by atoms with Gasteiger partial charge in [0.25, 0.3) is 5.91 Å². The number of amides is 1. The van der Waals surface area contributed by atoms with Gasteiger partial charge in [-0.25, -0.2) is 0 Å². The van der Waals surface area contributed by atoms with Crippen LogP contribution >= 0.6 is 11.6 Å². The summed E-state index contributed by atoms with van der Waals surface area (Å²) in [4.78, 5) is 14.7. The Morgan fingerprint density at radius 3 is 2.71 bits per heavy atom. The van der Waals surface area contributed by atoms with Crippen LogP contribution in [0.2, 0.25) is 5.02 Å². The molecule has 0 atom stereocenters. The SMILES string of the molecule is O=C(c1cnnc2ccccc12)N1CCC(O)(C#Cc2cccc(Cl)c2)CC1. The van der Waals surface area contributed by atoms with E-state index < -0.39 is 5.60 Å². The molecule has 1 N–H and O–H groups in total. The minimum absolute atomic E-state index is 0.101. The number of carbonyl (C=O) groups excluding carboxylic acids is 1. The number of hydrogen-bond acceptors (Lipinski definition) is 4. The highest BCUT2D eigenvalue weighted by atomic mass is 35.5. The molecule has 2 aromatic carbocycles. The lowest BCUT2D eigenvalue weighted by Crippen LogP contribution is -2.46. The number of hydrogen-bond donors (Lipinski definition) is 1. The van der Waals surface area contributed by atoms with Crippen LogP contribution in [0.15, 0.2) is 54.7 Å². The highest BCUT2D eigenvalue weighted by molar-refractivity contribution is 6.30. The number of aliphatic hydroxyl groups is 1. The van der Waals surface area contributed by atoms with Crippen LogP contribution in [-0.4, -0.2) is 44.8 Å². The maximum Gasteiger partial charge on any atom is 0.256 e. The number of halogens is 1. The lowest BCUT2D eigenvalue weighted by Gasteiger charge is -2.35. The summed E-state index contributed by atoms with van der Waals surface area (Å²) in [6.45, 7) is 0.854. The average molecular weight is 392 g/mol. The molecule has 1 fully saturated rings. The molecule has 1 amide bonds. The fraction of sp³-hybridized carbons (Fsp3) is 0.227. The van der Waals surface area contributed by atoms with Crippen LogP contribution in [0.4, 0.5) is 0 Å². The lowest BCUT2D eigenvalue weighted by atomic mass is 9.91. The Balaban J connectivity index is 1.48. The van der Waals surface area contributed by atoms with Crippen LogP contribution in [-0.2, 0) is 0 Å². The van der Waals surface area contributed by atoms with Gasteiger partial charge in [-0.1, -0.05) is 47.7 Å². The number of nitrogens with zero attached hydrogens (tertiary/aromatic N) is 3. The van der Waals surface area contributed by atoms with Crippen molar-refractivity contribution >= 4 is 28.4 Å². The van der Waals surface area contributed by atoms with Crippen LogP contribution < -0.4 is 0 Å². The first kappa shape index (κ1) is 18.4. The van der Waals surface area contributed by atoms with Gasteiger partial charge in [-0.3, -0.25) is 4.79 Å². The Hall–Kier alpha value is -2.94. The van der Waals surface area contributed by atoms with Crippen molar-refractivity contribution in [3.05, 3.63) is 70.9 Å². The van der Waals surface area contributed by atoms with Crippen LogP contribution in [0.5, 0.6) is 0 Å². The standard InChI is InChI=1S/C22H18ClN3O2/c23-17-5-3-4-16(14-17)8-9-22(28)10-12-26(13-11-22)21(27)19-15-24-25-20-7-2-1-6-18(19)20/h1-7,14-15,28H,10-13H2. The quantitative estimate of drug-likeness (QED) is 0.646. The fourth-order valence-electron chi connectivity index (χ4n) is 3.31. The third-order valence-electron chi connectivity index (χ3n) is 4.92. The van der Waals surface area contributed by atoms with Crippen molar-refractivity contribution in [1.29, 1.82) is 0 Å². The second kappa shape index (κ2) is 7.59. The van der Waals surface area contributed by atoms with Crippen LogP contribution in [0.3, 0.4) is 0 Å². The summed E-state index contributed by atoms with van der Waals surface area (Å²) in [5, 5.41) is 20.2. The minimum Gasteiger partial charge on any atom is -0.377 e. The zero-order valence-electron chi connectivity index (χ0n) is 15.1. The molecule has 0 spiro atoms. The maximum atomic E-state index is 13.0. The molecule has 1 aromatic heterocycles. The highest BCUT2D eigenvalue weighted by Gasteiger charge is 2.33. The van der Waals surface area contributed by atoms with Gasteiger partial charge in [0.1, 0.15) is 5.60 Å². The molecule has 1 aliphatic heterocycles. The predicted octanol–water partition coefficient (Wildman–Crippen LogP) is 3.30. The van der Waals surface area contributed by atoms with E-state index in [1.54, 1.807) is 17.0 Å². The van der Waals surface area contributed by atoms with Gasteiger partial charge in [-0.05, 0) is 24.3 Å². The second-order valence-corrected chi connectivity index (χ2v) is 7.30. The number of benzene rings is 2. The van der Waals surface area contributed by atoms with Gasteiger partial charge < -0.3 is 10.0 Å². The van der Waals surface area contributed by atoms with E-state index in [1.807, 2.05) is 36.4 Å². The molecule has 4 rings (SSSR count). The summed E-state index contributed by atoms with van der Waals surface area (Å²) in [7, 11) is 0. The zero-order chi connectivity index (χ0) is 19.6. The van der Waals surface area contributed by atoms with E-state index in [4.69, 9.17) is 11.6 Å². The van der Waals surface area contributed by atoms with Crippen molar-refractivity contribution in [3.63, 3.8) is 0 Å². The van der Waals surface area contributed by atoms with Gasteiger partial charge >= 0.3 is 0 Å². The number of piperidine rings is 1. The fourth-order valence-corrected chi connectivity index (χ4v) is 3.50. The van der Waals surface area contributed by atoms with E-state index in [1.165, 1.54) is 6.20 Å². The Morgan fingerprint density at radius 1 is 1.14 bits per heavy atom. The molecule has 2 heterocycles. The molecule has 1 aliphatic rings. The molecule has 0 saturated carbocycles. The van der Waals surface area contributed by atoms with E-state index in [0.717, 1.165) is 10.9 Å².